The summed E-state index contributed by atoms with van der Waals surface area (Å²) in [5.74, 6) is 0.290. The van der Waals surface area contributed by atoms with E-state index in [9.17, 15) is 9.90 Å². The smallest absolute Gasteiger partial charge is 0.225 e. The minimum atomic E-state index is -0.721. The predicted molar refractivity (Wildman–Crippen MR) is 59.3 cm³/mol. The third-order valence-electron chi connectivity index (χ3n) is 3.50. The molecule has 0 aliphatic heterocycles. The summed E-state index contributed by atoms with van der Waals surface area (Å²) in [5.41, 5.74) is 4.78. The number of hydrogen-bond donors (Lipinski definition) is 2. The molecule has 1 aliphatic carbocycles. The van der Waals surface area contributed by atoms with Crippen molar-refractivity contribution in [1.29, 1.82) is 0 Å². The molecule has 1 rings (SSSR count). The largest absolute Gasteiger partial charge is 0.389 e. The number of rotatable bonds is 3. The molecule has 0 spiro atoms. The first-order valence-electron chi connectivity index (χ1n) is 5.70. The van der Waals surface area contributed by atoms with Gasteiger partial charge in [0.25, 0.3) is 0 Å². The SMILES string of the molecule is CCN(C)C(=O)C1CCC(O)(CN)CC1. The molecule has 0 aromatic rings. The highest BCUT2D eigenvalue weighted by atomic mass is 16.3. The third-order valence-corrected chi connectivity index (χ3v) is 3.50. The fraction of sp³-hybridized carbons (Fsp3) is 0.909. The third kappa shape index (κ3) is 2.92. The number of aliphatic hydroxyl groups is 1. The second kappa shape index (κ2) is 4.94. The molecule has 1 aliphatic rings. The molecule has 1 fully saturated rings. The Balaban J connectivity index is 2.47. The lowest BCUT2D eigenvalue weighted by atomic mass is 9.78. The number of hydrogen-bond acceptors (Lipinski definition) is 3. The fourth-order valence-corrected chi connectivity index (χ4v) is 2.07. The normalized spacial score (nSPS) is 31.3. The zero-order valence-corrected chi connectivity index (χ0v) is 9.70. The van der Waals surface area contributed by atoms with Crippen molar-refractivity contribution in [3.63, 3.8) is 0 Å². The Kier molecular flexibility index (Phi) is 4.11. The second-order valence-corrected chi connectivity index (χ2v) is 4.56. The van der Waals surface area contributed by atoms with E-state index in [4.69, 9.17) is 5.73 Å². The van der Waals surface area contributed by atoms with Gasteiger partial charge in [0.15, 0.2) is 0 Å². The van der Waals surface area contributed by atoms with E-state index in [2.05, 4.69) is 0 Å². The van der Waals surface area contributed by atoms with Gasteiger partial charge in [-0.15, -0.1) is 0 Å². The summed E-state index contributed by atoms with van der Waals surface area (Å²) in [4.78, 5) is 13.6. The average Bonchev–Trinajstić information content (AvgIpc) is 2.28. The van der Waals surface area contributed by atoms with Crippen LogP contribution in [0.15, 0.2) is 0 Å². The minimum Gasteiger partial charge on any atom is -0.389 e. The van der Waals surface area contributed by atoms with Gasteiger partial charge in [-0.05, 0) is 32.6 Å². The van der Waals surface area contributed by atoms with Gasteiger partial charge in [0.05, 0.1) is 5.60 Å². The van der Waals surface area contributed by atoms with Crippen LogP contribution >= 0.6 is 0 Å². The molecule has 4 nitrogen and oxygen atoms in total. The van der Waals surface area contributed by atoms with Crippen LogP contribution in [0.5, 0.6) is 0 Å². The summed E-state index contributed by atoms with van der Waals surface area (Å²) in [6.07, 6.45) is 2.82. The minimum absolute atomic E-state index is 0.0850. The Morgan fingerprint density at radius 1 is 1.53 bits per heavy atom. The molecular weight excluding hydrogens is 192 g/mol. The van der Waals surface area contributed by atoms with E-state index in [-0.39, 0.29) is 11.8 Å². The van der Waals surface area contributed by atoms with Crippen LogP contribution in [0.4, 0.5) is 0 Å². The molecule has 0 saturated heterocycles. The highest BCUT2D eigenvalue weighted by Crippen LogP contribution is 2.32. The van der Waals surface area contributed by atoms with Crippen molar-refractivity contribution in [2.75, 3.05) is 20.1 Å². The van der Waals surface area contributed by atoms with Crippen LogP contribution in [0.2, 0.25) is 0 Å². The monoisotopic (exact) mass is 214 g/mol. The summed E-state index contributed by atoms with van der Waals surface area (Å²) < 4.78 is 0. The topological polar surface area (TPSA) is 66.6 Å². The first-order chi connectivity index (χ1) is 7.02. The van der Waals surface area contributed by atoms with Crippen molar-refractivity contribution in [3.05, 3.63) is 0 Å². The molecule has 1 saturated carbocycles. The Hall–Kier alpha value is -0.610. The van der Waals surface area contributed by atoms with Crippen LogP contribution in [-0.4, -0.2) is 41.7 Å². The van der Waals surface area contributed by atoms with E-state index in [1.165, 1.54) is 0 Å². The van der Waals surface area contributed by atoms with Crippen molar-refractivity contribution in [1.82, 2.24) is 4.90 Å². The standard InChI is InChI=1S/C11H22N2O2/c1-3-13(2)10(14)9-4-6-11(15,8-12)7-5-9/h9,15H,3-8,12H2,1-2H3. The van der Waals surface area contributed by atoms with Crippen LogP contribution in [-0.2, 0) is 4.79 Å². The van der Waals surface area contributed by atoms with Gasteiger partial charge in [-0.25, -0.2) is 0 Å². The summed E-state index contributed by atoms with van der Waals surface area (Å²) in [7, 11) is 1.83. The molecule has 4 heteroatoms. The van der Waals surface area contributed by atoms with E-state index in [0.29, 0.717) is 19.4 Å². The van der Waals surface area contributed by atoms with Gasteiger partial charge in [-0.3, -0.25) is 4.79 Å². The van der Waals surface area contributed by atoms with Crippen LogP contribution in [0.1, 0.15) is 32.6 Å². The Morgan fingerprint density at radius 3 is 2.47 bits per heavy atom. The van der Waals surface area contributed by atoms with Gasteiger partial charge < -0.3 is 15.7 Å². The average molecular weight is 214 g/mol. The quantitative estimate of drug-likeness (QED) is 0.712. The summed E-state index contributed by atoms with van der Waals surface area (Å²) >= 11 is 0. The fourth-order valence-electron chi connectivity index (χ4n) is 2.07. The molecule has 0 bridgehead atoms. The van der Waals surface area contributed by atoms with Crippen LogP contribution in [0.25, 0.3) is 0 Å². The molecule has 1 amide bonds. The summed E-state index contributed by atoms with van der Waals surface area (Å²) in [6, 6.07) is 0. The molecule has 0 heterocycles. The molecule has 0 unspecified atom stereocenters. The van der Waals surface area contributed by atoms with Crippen molar-refractivity contribution < 1.29 is 9.90 Å². The maximum absolute atomic E-state index is 11.8. The van der Waals surface area contributed by atoms with Crippen LogP contribution in [0, 0.1) is 5.92 Å². The highest BCUT2D eigenvalue weighted by Gasteiger charge is 2.35. The van der Waals surface area contributed by atoms with E-state index in [1.54, 1.807) is 4.90 Å². The number of amides is 1. The summed E-state index contributed by atoms with van der Waals surface area (Å²) in [5, 5.41) is 9.93. The predicted octanol–water partition coefficient (Wildman–Crippen LogP) is 0.345. The van der Waals surface area contributed by atoms with E-state index < -0.39 is 5.60 Å². The van der Waals surface area contributed by atoms with Gasteiger partial charge in [-0.1, -0.05) is 0 Å². The Morgan fingerprint density at radius 2 is 2.07 bits per heavy atom. The van der Waals surface area contributed by atoms with Crippen LogP contribution in [0.3, 0.4) is 0 Å². The van der Waals surface area contributed by atoms with Crippen LogP contribution < -0.4 is 5.73 Å². The highest BCUT2D eigenvalue weighted by molar-refractivity contribution is 5.78. The first-order valence-corrected chi connectivity index (χ1v) is 5.70. The lowest BCUT2D eigenvalue weighted by molar-refractivity contribution is -0.136. The molecule has 0 radical (unpaired) electrons. The maximum Gasteiger partial charge on any atom is 0.225 e. The number of nitrogens with two attached hydrogens (primary N) is 1. The molecule has 0 aromatic carbocycles. The number of carbonyl (C=O) groups excluding carboxylic acids is 1. The Labute approximate surface area is 91.4 Å². The molecule has 0 aromatic heterocycles. The maximum atomic E-state index is 11.8. The number of carbonyl (C=O) groups is 1. The van der Waals surface area contributed by atoms with E-state index in [1.807, 2.05) is 14.0 Å². The lowest BCUT2D eigenvalue weighted by Gasteiger charge is -2.35. The van der Waals surface area contributed by atoms with Crippen molar-refractivity contribution in [2.24, 2.45) is 11.7 Å². The Bertz CT molecular complexity index is 223. The van der Waals surface area contributed by atoms with Gasteiger partial charge >= 0.3 is 0 Å². The van der Waals surface area contributed by atoms with E-state index >= 15 is 0 Å². The molecule has 3 N–H and O–H groups in total. The van der Waals surface area contributed by atoms with Gasteiger partial charge in [0.2, 0.25) is 5.91 Å². The zero-order chi connectivity index (χ0) is 11.5. The summed E-state index contributed by atoms with van der Waals surface area (Å²) in [6.45, 7) is 3.02. The van der Waals surface area contributed by atoms with Crippen molar-refractivity contribution in [2.45, 2.75) is 38.2 Å². The molecule has 15 heavy (non-hydrogen) atoms. The van der Waals surface area contributed by atoms with Crippen molar-refractivity contribution >= 4 is 5.91 Å². The zero-order valence-electron chi connectivity index (χ0n) is 9.70. The number of nitrogens with zero attached hydrogens (tertiary/aromatic N) is 1. The second-order valence-electron chi connectivity index (χ2n) is 4.56. The van der Waals surface area contributed by atoms with Gasteiger partial charge in [0, 0.05) is 26.1 Å². The molecule has 88 valence electrons. The van der Waals surface area contributed by atoms with E-state index in [0.717, 1.165) is 19.4 Å². The molecular formula is C11H22N2O2. The van der Waals surface area contributed by atoms with Gasteiger partial charge in [0.1, 0.15) is 0 Å². The molecule has 0 atom stereocenters. The van der Waals surface area contributed by atoms with Crippen molar-refractivity contribution in [3.8, 4) is 0 Å². The van der Waals surface area contributed by atoms with Gasteiger partial charge in [-0.2, -0.15) is 0 Å². The first kappa shape index (κ1) is 12.5. The lowest BCUT2D eigenvalue weighted by Crippen LogP contribution is -2.44.